The van der Waals surface area contributed by atoms with Crippen molar-refractivity contribution in [3.05, 3.63) is 84.6 Å². The number of benzene rings is 2. The Morgan fingerprint density at radius 2 is 1.89 bits per heavy atom. The van der Waals surface area contributed by atoms with E-state index < -0.39 is 16.2 Å². The Morgan fingerprint density at radius 1 is 1.08 bits per heavy atom. The van der Waals surface area contributed by atoms with Gasteiger partial charge in [0.25, 0.3) is 0 Å². The molecule has 4 N–H and O–H groups in total. The Morgan fingerprint density at radius 3 is 2.66 bits per heavy atom. The maximum Gasteiger partial charge on any atom is 0.236 e. The molecule has 1 amide bonds. The predicted octanol–water partition coefficient (Wildman–Crippen LogP) is 5.94. The van der Waals surface area contributed by atoms with Gasteiger partial charge in [0.15, 0.2) is 0 Å². The van der Waals surface area contributed by atoms with Crippen LogP contribution in [-0.2, 0) is 10.2 Å². The zero-order valence-electron chi connectivity index (χ0n) is 20.8. The number of hydrogen-bond acceptors (Lipinski definition) is 7. The van der Waals surface area contributed by atoms with E-state index in [4.69, 9.17) is 0 Å². The van der Waals surface area contributed by atoms with Crippen molar-refractivity contribution in [1.82, 2.24) is 14.3 Å². The quantitative estimate of drug-likeness (QED) is 0.232. The summed E-state index contributed by atoms with van der Waals surface area (Å²) in [5.74, 6) is 0.399. The van der Waals surface area contributed by atoms with Gasteiger partial charge in [0.05, 0.1) is 34.2 Å². The van der Waals surface area contributed by atoms with Gasteiger partial charge in [-0.2, -0.15) is 4.31 Å². The standard InChI is InChI=1S/C29H30N4O4S.2H2/c34-19-23-5-3-17-33(23)38(36,37)24-11-8-20(9-12-24)26-6-1-7-27(31-26)32-28(35)29(14-15-29)22-10-13-25-21(18-22)4-2-16-30-25;;/h1-2,4,6-13,16,18,23,34,36-37H,3,5,14-15,17,19H2,(H,31,32,35);2*1H/t23-;;/m1../s1. The average molecular weight is 535 g/mol. The van der Waals surface area contributed by atoms with Crippen molar-refractivity contribution in [3.8, 4) is 11.3 Å². The van der Waals surface area contributed by atoms with Crippen molar-refractivity contribution in [1.29, 1.82) is 0 Å². The average Bonchev–Trinajstić information content (AvgIpc) is 3.62. The molecule has 1 saturated heterocycles. The molecule has 4 aromatic rings. The molecule has 1 aliphatic heterocycles. The molecule has 0 unspecified atom stereocenters. The molecule has 1 saturated carbocycles. The van der Waals surface area contributed by atoms with Crippen molar-refractivity contribution in [2.75, 3.05) is 18.5 Å². The van der Waals surface area contributed by atoms with Crippen molar-refractivity contribution in [2.24, 2.45) is 0 Å². The summed E-state index contributed by atoms with van der Waals surface area (Å²) >= 11 is 0. The van der Waals surface area contributed by atoms with E-state index >= 15 is 0 Å². The van der Waals surface area contributed by atoms with Crippen LogP contribution in [-0.4, -0.2) is 53.6 Å². The van der Waals surface area contributed by atoms with Gasteiger partial charge >= 0.3 is 0 Å². The lowest BCUT2D eigenvalue weighted by Crippen LogP contribution is -2.34. The number of pyridine rings is 2. The molecule has 2 aromatic heterocycles. The number of rotatable bonds is 7. The topological polar surface area (TPSA) is 119 Å². The highest BCUT2D eigenvalue weighted by molar-refractivity contribution is 8.22. The molecule has 2 aromatic carbocycles. The van der Waals surface area contributed by atoms with Gasteiger partial charge in [0.2, 0.25) is 5.91 Å². The summed E-state index contributed by atoms with van der Waals surface area (Å²) in [4.78, 5) is 22.8. The molecular weight excluding hydrogens is 500 g/mol. The van der Waals surface area contributed by atoms with Crippen LogP contribution in [0, 0.1) is 0 Å². The van der Waals surface area contributed by atoms with Gasteiger partial charge in [-0.05, 0) is 73.7 Å². The molecule has 38 heavy (non-hydrogen) atoms. The number of carbonyl (C=O) groups is 1. The first-order valence-electron chi connectivity index (χ1n) is 12.8. The number of fused-ring (bicyclic) bond motifs is 1. The highest BCUT2D eigenvalue weighted by Crippen LogP contribution is 2.55. The van der Waals surface area contributed by atoms with E-state index in [1.165, 1.54) is 0 Å². The fourth-order valence-corrected chi connectivity index (χ4v) is 7.06. The number of carbonyl (C=O) groups excluding carboxylic acids is 1. The van der Waals surface area contributed by atoms with Gasteiger partial charge in [-0.3, -0.25) is 18.9 Å². The first-order valence-corrected chi connectivity index (χ1v) is 14.3. The number of aliphatic hydroxyl groups is 1. The molecule has 2 fully saturated rings. The summed E-state index contributed by atoms with van der Waals surface area (Å²) in [6.07, 6.45) is 4.89. The second kappa shape index (κ2) is 9.76. The Bertz CT molecular complexity index is 1500. The minimum atomic E-state index is -3.18. The van der Waals surface area contributed by atoms with Crippen LogP contribution in [0.25, 0.3) is 22.2 Å². The van der Waals surface area contributed by atoms with E-state index in [0.717, 1.165) is 47.7 Å². The zero-order valence-corrected chi connectivity index (χ0v) is 21.6. The van der Waals surface area contributed by atoms with Gasteiger partial charge in [0, 0.05) is 26.5 Å². The molecule has 2 aliphatic rings. The summed E-state index contributed by atoms with van der Waals surface area (Å²) in [5, 5.41) is 13.6. The molecule has 0 radical (unpaired) electrons. The normalized spacial score (nSPS) is 19.4. The van der Waals surface area contributed by atoms with Crippen LogP contribution in [0.1, 0.15) is 34.1 Å². The van der Waals surface area contributed by atoms with Crippen molar-refractivity contribution in [3.63, 3.8) is 0 Å². The van der Waals surface area contributed by atoms with E-state index in [0.29, 0.717) is 23.0 Å². The number of aliphatic hydroxyl groups excluding tert-OH is 1. The molecule has 1 aliphatic carbocycles. The predicted molar refractivity (Wildman–Crippen MR) is 153 cm³/mol. The van der Waals surface area contributed by atoms with Crippen LogP contribution in [0.2, 0.25) is 0 Å². The number of aromatic nitrogens is 2. The maximum absolute atomic E-state index is 13.4. The molecule has 0 bridgehead atoms. The summed E-state index contributed by atoms with van der Waals surface area (Å²) < 4.78 is 23.4. The maximum atomic E-state index is 13.4. The highest BCUT2D eigenvalue weighted by Gasteiger charge is 2.51. The van der Waals surface area contributed by atoms with Gasteiger partial charge in [-0.25, -0.2) is 4.98 Å². The van der Waals surface area contributed by atoms with Gasteiger partial charge in [0.1, 0.15) is 5.82 Å². The first kappa shape index (κ1) is 25.0. The summed E-state index contributed by atoms with van der Waals surface area (Å²) in [6, 6.07) is 22.1. The van der Waals surface area contributed by atoms with Crippen LogP contribution in [0.15, 0.2) is 83.9 Å². The Labute approximate surface area is 225 Å². The number of nitrogens with one attached hydrogen (secondary N) is 1. The molecule has 0 spiro atoms. The SMILES string of the molecule is O=C(Nc1cccc(-c2ccc(S(O)(O)N3CCC[C@@H]3CO)cc2)n1)C1(c2ccc3ncccc3c2)CC1.[HH].[HH]. The van der Waals surface area contributed by atoms with E-state index in [9.17, 15) is 19.0 Å². The molecule has 9 heteroatoms. The third kappa shape index (κ3) is 4.46. The fraction of sp³-hybridized carbons (Fsp3) is 0.276. The smallest absolute Gasteiger partial charge is 0.236 e. The first-order chi connectivity index (χ1) is 18.4. The van der Waals surface area contributed by atoms with Gasteiger partial charge in [-0.15, -0.1) is 10.8 Å². The Kier molecular flexibility index (Phi) is 6.41. The zero-order chi connectivity index (χ0) is 26.3. The second-order valence-electron chi connectivity index (χ2n) is 10.0. The van der Waals surface area contributed by atoms with Crippen molar-refractivity contribution >= 4 is 33.4 Å². The van der Waals surface area contributed by atoms with Crippen LogP contribution in [0.3, 0.4) is 0 Å². The Balaban J connectivity index is 0.00000185. The summed E-state index contributed by atoms with van der Waals surface area (Å²) in [7, 11) is -3.18. The molecule has 3 heterocycles. The van der Waals surface area contributed by atoms with E-state index in [1.54, 1.807) is 40.8 Å². The van der Waals surface area contributed by atoms with Gasteiger partial charge < -0.3 is 10.4 Å². The number of nitrogens with zero attached hydrogens (tertiary/aromatic N) is 3. The van der Waals surface area contributed by atoms with Crippen molar-refractivity contribution < 1.29 is 21.9 Å². The number of amides is 1. The summed E-state index contributed by atoms with van der Waals surface area (Å²) in [6.45, 7) is 0.436. The number of anilines is 1. The largest absolute Gasteiger partial charge is 0.395 e. The lowest BCUT2D eigenvalue weighted by atomic mass is 9.93. The van der Waals surface area contributed by atoms with Crippen LogP contribution in [0.4, 0.5) is 5.82 Å². The lowest BCUT2D eigenvalue weighted by Gasteiger charge is -2.43. The number of hydrogen-bond donors (Lipinski definition) is 4. The van der Waals surface area contributed by atoms with E-state index in [1.807, 2.05) is 36.4 Å². The monoisotopic (exact) mass is 534 g/mol. The summed E-state index contributed by atoms with van der Waals surface area (Å²) in [5.41, 5.74) is 2.80. The molecule has 6 rings (SSSR count). The Hall–Kier alpha value is -3.34. The third-order valence-electron chi connectivity index (χ3n) is 7.66. The molecular formula is C29H34N4O4S. The minimum Gasteiger partial charge on any atom is -0.395 e. The van der Waals surface area contributed by atoms with E-state index in [2.05, 4.69) is 21.4 Å². The van der Waals surface area contributed by atoms with Crippen LogP contribution < -0.4 is 5.32 Å². The second-order valence-corrected chi connectivity index (χ2v) is 12.0. The molecule has 200 valence electrons. The third-order valence-corrected chi connectivity index (χ3v) is 9.70. The fourth-order valence-electron chi connectivity index (χ4n) is 5.32. The highest BCUT2D eigenvalue weighted by atomic mass is 32.3. The van der Waals surface area contributed by atoms with Gasteiger partial charge in [-0.1, -0.05) is 30.3 Å². The molecule has 1 atom stereocenters. The lowest BCUT2D eigenvalue weighted by molar-refractivity contribution is -0.118. The van der Waals surface area contributed by atoms with Crippen LogP contribution >= 0.6 is 10.8 Å². The van der Waals surface area contributed by atoms with Crippen molar-refractivity contribution in [2.45, 2.75) is 42.0 Å². The molecule has 8 nitrogen and oxygen atoms in total. The minimum absolute atomic E-state index is 0. The van der Waals surface area contributed by atoms with Crippen LogP contribution in [0.5, 0.6) is 0 Å². The van der Waals surface area contributed by atoms with E-state index in [-0.39, 0.29) is 21.4 Å².